The Kier molecular flexibility index (Phi) is 6.95. The molecule has 0 N–H and O–H groups in total. The first-order valence-electron chi connectivity index (χ1n) is 9.87. The van der Waals surface area contributed by atoms with E-state index in [-0.39, 0.29) is 29.1 Å². The number of rotatable bonds is 6. The van der Waals surface area contributed by atoms with Gasteiger partial charge in [0, 0.05) is 13.1 Å². The second kappa shape index (κ2) is 9.26. The molecule has 0 aliphatic carbocycles. The molecule has 0 saturated carbocycles. The summed E-state index contributed by atoms with van der Waals surface area (Å²) in [6.45, 7) is 9.77. The van der Waals surface area contributed by atoms with Gasteiger partial charge in [0.1, 0.15) is 15.5 Å². The zero-order chi connectivity index (χ0) is 21.1. The molecular weight excluding hydrogens is 414 g/mol. The van der Waals surface area contributed by atoms with Gasteiger partial charge in [-0.1, -0.05) is 13.8 Å². The van der Waals surface area contributed by atoms with Crippen LogP contribution >= 0.6 is 22.9 Å². The Morgan fingerprint density at radius 1 is 1.24 bits per heavy atom. The number of ether oxygens (including phenoxy) is 2. The quantitative estimate of drug-likeness (QED) is 0.491. The molecular formula is C20H26ClN3O4S. The fourth-order valence-electron chi connectivity index (χ4n) is 3.41. The number of halogens is 1. The fourth-order valence-corrected chi connectivity index (χ4v) is 4.69. The number of carbonyl (C=O) groups excluding carboxylic acids is 2. The van der Waals surface area contributed by atoms with Gasteiger partial charge in [0.25, 0.3) is 0 Å². The number of hydrogen-bond donors (Lipinski definition) is 0. The van der Waals surface area contributed by atoms with Crippen LogP contribution in [0.15, 0.2) is 0 Å². The molecule has 2 aromatic rings. The second-order valence-electron chi connectivity index (χ2n) is 7.56. The van der Waals surface area contributed by atoms with Crippen LogP contribution in [0.4, 0.5) is 5.82 Å². The lowest BCUT2D eigenvalue weighted by atomic mass is 9.97. The smallest absolute Gasteiger partial charge is 0.348 e. The van der Waals surface area contributed by atoms with E-state index >= 15 is 0 Å². The molecule has 3 heterocycles. The van der Waals surface area contributed by atoms with E-state index in [4.69, 9.17) is 21.1 Å². The number of aryl methyl sites for hydroxylation is 1. The van der Waals surface area contributed by atoms with E-state index in [1.54, 1.807) is 0 Å². The van der Waals surface area contributed by atoms with Crippen molar-refractivity contribution < 1.29 is 19.1 Å². The van der Waals surface area contributed by atoms with Gasteiger partial charge >= 0.3 is 11.9 Å². The molecule has 0 bridgehead atoms. The van der Waals surface area contributed by atoms with Gasteiger partial charge in [0.15, 0.2) is 0 Å². The average Bonchev–Trinajstić information content (AvgIpc) is 3.02. The van der Waals surface area contributed by atoms with Crippen LogP contribution in [0.25, 0.3) is 10.2 Å². The van der Waals surface area contributed by atoms with E-state index in [1.165, 1.54) is 11.3 Å². The van der Waals surface area contributed by atoms with E-state index in [9.17, 15) is 9.59 Å². The number of thiophene rings is 1. The summed E-state index contributed by atoms with van der Waals surface area (Å²) in [6, 6.07) is 0. The van der Waals surface area contributed by atoms with Crippen molar-refractivity contribution in [3.8, 4) is 0 Å². The van der Waals surface area contributed by atoms with Crippen molar-refractivity contribution in [3.05, 3.63) is 15.7 Å². The maximum atomic E-state index is 12.5. The van der Waals surface area contributed by atoms with Crippen molar-refractivity contribution in [2.24, 2.45) is 11.8 Å². The minimum Gasteiger partial charge on any atom is -0.466 e. The molecule has 1 fully saturated rings. The molecule has 0 radical (unpaired) electrons. The number of esters is 2. The highest BCUT2D eigenvalue weighted by atomic mass is 35.5. The Morgan fingerprint density at radius 2 is 1.93 bits per heavy atom. The topological polar surface area (TPSA) is 81.6 Å². The first-order valence-corrected chi connectivity index (χ1v) is 11.1. The summed E-state index contributed by atoms with van der Waals surface area (Å²) < 4.78 is 10.6. The van der Waals surface area contributed by atoms with E-state index in [1.807, 2.05) is 27.7 Å². The predicted octanol–water partition coefficient (Wildman–Crippen LogP) is 4.25. The summed E-state index contributed by atoms with van der Waals surface area (Å²) >= 11 is 7.45. The van der Waals surface area contributed by atoms with Gasteiger partial charge < -0.3 is 14.4 Å². The van der Waals surface area contributed by atoms with E-state index in [0.29, 0.717) is 54.7 Å². The highest BCUT2D eigenvalue weighted by Gasteiger charge is 2.29. The average molecular weight is 440 g/mol. The fraction of sp³-hybridized carbons (Fsp3) is 0.600. The van der Waals surface area contributed by atoms with Gasteiger partial charge in [-0.15, -0.1) is 11.3 Å². The number of carbonyl (C=O) groups is 2. The van der Waals surface area contributed by atoms with E-state index < -0.39 is 0 Å². The predicted molar refractivity (Wildman–Crippen MR) is 114 cm³/mol. The first-order chi connectivity index (χ1) is 13.8. The molecule has 0 aromatic carbocycles. The molecule has 7 nitrogen and oxygen atoms in total. The molecule has 9 heteroatoms. The van der Waals surface area contributed by atoms with Crippen molar-refractivity contribution in [1.29, 1.82) is 0 Å². The molecule has 1 aliphatic heterocycles. The third kappa shape index (κ3) is 4.80. The minimum atomic E-state index is -0.345. The molecule has 2 aromatic heterocycles. The zero-order valence-corrected chi connectivity index (χ0v) is 18.7. The standard InChI is InChI=1S/C20H26ClN3O4S/c1-5-27-18(25)13-6-8-24(9-7-13)16-14-12(4)15(19(26)28-10-11(2)3)29-17(14)23-20(21)22-16/h11,13H,5-10H2,1-4H3. The monoisotopic (exact) mass is 439 g/mol. The molecule has 29 heavy (non-hydrogen) atoms. The van der Waals surface area contributed by atoms with Crippen LogP contribution in [0.1, 0.15) is 48.8 Å². The third-order valence-electron chi connectivity index (χ3n) is 4.89. The van der Waals surface area contributed by atoms with Gasteiger partial charge in [-0.05, 0) is 49.8 Å². The number of aromatic nitrogens is 2. The van der Waals surface area contributed by atoms with Crippen LogP contribution in [0, 0.1) is 18.8 Å². The van der Waals surface area contributed by atoms with Crippen molar-refractivity contribution in [2.75, 3.05) is 31.2 Å². The highest BCUT2D eigenvalue weighted by molar-refractivity contribution is 7.20. The van der Waals surface area contributed by atoms with Gasteiger partial charge in [0.05, 0.1) is 24.5 Å². The lowest BCUT2D eigenvalue weighted by Crippen LogP contribution is -2.37. The summed E-state index contributed by atoms with van der Waals surface area (Å²) in [5.74, 6) is 0.393. The molecule has 0 spiro atoms. The van der Waals surface area contributed by atoms with Crippen LogP contribution in [0.3, 0.4) is 0 Å². The molecule has 1 aliphatic rings. The lowest BCUT2D eigenvalue weighted by molar-refractivity contribution is -0.148. The molecule has 158 valence electrons. The first kappa shape index (κ1) is 21.8. The summed E-state index contributed by atoms with van der Waals surface area (Å²) in [5.41, 5.74) is 0.804. The van der Waals surface area contributed by atoms with Crippen molar-refractivity contribution in [1.82, 2.24) is 9.97 Å². The number of piperidine rings is 1. The van der Waals surface area contributed by atoms with Gasteiger partial charge in [0.2, 0.25) is 5.28 Å². The maximum Gasteiger partial charge on any atom is 0.348 e. The van der Waals surface area contributed by atoms with Gasteiger partial charge in [-0.3, -0.25) is 4.79 Å². The normalized spacial score (nSPS) is 15.2. The molecule has 1 saturated heterocycles. The Balaban J connectivity index is 1.87. The van der Waals surface area contributed by atoms with Crippen molar-refractivity contribution in [3.63, 3.8) is 0 Å². The van der Waals surface area contributed by atoms with Crippen molar-refractivity contribution >= 4 is 50.9 Å². The minimum absolute atomic E-state index is 0.0934. The number of fused-ring (bicyclic) bond motifs is 1. The maximum absolute atomic E-state index is 12.5. The van der Waals surface area contributed by atoms with Crippen LogP contribution in [-0.4, -0.2) is 48.2 Å². The number of hydrogen-bond acceptors (Lipinski definition) is 8. The summed E-state index contributed by atoms with van der Waals surface area (Å²) in [5, 5.41) is 0.967. The highest BCUT2D eigenvalue weighted by Crippen LogP contribution is 2.38. The lowest BCUT2D eigenvalue weighted by Gasteiger charge is -2.32. The van der Waals surface area contributed by atoms with Crippen LogP contribution in [-0.2, 0) is 14.3 Å². The summed E-state index contributed by atoms with van der Waals surface area (Å²) in [7, 11) is 0. The zero-order valence-electron chi connectivity index (χ0n) is 17.2. The third-order valence-corrected chi connectivity index (χ3v) is 6.23. The second-order valence-corrected chi connectivity index (χ2v) is 8.90. The van der Waals surface area contributed by atoms with E-state index in [0.717, 1.165) is 10.9 Å². The van der Waals surface area contributed by atoms with Crippen LogP contribution < -0.4 is 4.90 Å². The molecule has 0 amide bonds. The number of nitrogens with zero attached hydrogens (tertiary/aromatic N) is 3. The summed E-state index contributed by atoms with van der Waals surface area (Å²) in [4.78, 5) is 36.6. The largest absolute Gasteiger partial charge is 0.466 e. The SMILES string of the molecule is CCOC(=O)C1CCN(c2nc(Cl)nc3sc(C(=O)OCC(C)C)c(C)c23)CC1. The van der Waals surface area contributed by atoms with Crippen molar-refractivity contribution in [2.45, 2.75) is 40.5 Å². The Bertz CT molecular complexity index is 907. The molecule has 0 atom stereocenters. The van der Waals surface area contributed by atoms with Gasteiger partial charge in [-0.2, -0.15) is 4.98 Å². The Hall–Kier alpha value is -1.93. The Labute approximate surface area is 179 Å². The summed E-state index contributed by atoms with van der Waals surface area (Å²) in [6.07, 6.45) is 1.38. The van der Waals surface area contributed by atoms with Gasteiger partial charge in [-0.25, -0.2) is 9.78 Å². The van der Waals surface area contributed by atoms with E-state index in [2.05, 4.69) is 14.9 Å². The molecule has 3 rings (SSSR count). The van der Waals surface area contributed by atoms with Crippen LogP contribution in [0.5, 0.6) is 0 Å². The van der Waals surface area contributed by atoms with Crippen LogP contribution in [0.2, 0.25) is 5.28 Å². The Morgan fingerprint density at radius 3 is 2.55 bits per heavy atom. The molecule has 0 unspecified atom stereocenters. The number of anilines is 1.